The van der Waals surface area contributed by atoms with Crippen molar-refractivity contribution in [3.8, 4) is 0 Å². The minimum absolute atomic E-state index is 0.0810. The van der Waals surface area contributed by atoms with E-state index in [1.54, 1.807) is 0 Å². The number of nitro benzene ring substituents is 1. The van der Waals surface area contributed by atoms with Crippen molar-refractivity contribution in [1.82, 2.24) is 0 Å². The van der Waals surface area contributed by atoms with E-state index in [-0.39, 0.29) is 11.3 Å². The molecular weight excluding hydrogens is 149 g/mol. The molecule has 4 heteroatoms. The minimum Gasteiger partial charge on any atom is -0.258 e. The highest BCUT2D eigenvalue weighted by molar-refractivity contribution is 5.39. The van der Waals surface area contributed by atoms with Gasteiger partial charge in [0.05, 0.1) is 10.5 Å². The normalized spacial score (nSPS) is 9.64. The van der Waals surface area contributed by atoms with Crippen molar-refractivity contribution in [2.75, 3.05) is 0 Å². The maximum absolute atomic E-state index is 12.6. The smallest absolute Gasteiger partial charge is 0.258 e. The molecule has 0 spiro atoms. The lowest BCUT2D eigenvalue weighted by atomic mass is 10.2. The van der Waals surface area contributed by atoms with E-state index in [2.05, 4.69) is 0 Å². The van der Waals surface area contributed by atoms with E-state index in [0.29, 0.717) is 0 Å². The maximum atomic E-state index is 12.6. The summed E-state index contributed by atoms with van der Waals surface area (Å²) in [6.45, 7) is 1.38. The average molecular weight is 155 g/mol. The first-order chi connectivity index (χ1) is 5.13. The summed E-state index contributed by atoms with van der Waals surface area (Å²) in [5.41, 5.74) is -0.0949. The zero-order chi connectivity index (χ0) is 8.43. The Morgan fingerprint density at radius 1 is 1.55 bits per heavy atom. The van der Waals surface area contributed by atoms with Crippen LogP contribution in [0.2, 0.25) is 0 Å². The molecule has 0 N–H and O–H groups in total. The summed E-state index contributed by atoms with van der Waals surface area (Å²) in [5.74, 6) is -0.542. The van der Waals surface area contributed by atoms with Crippen LogP contribution in [0.15, 0.2) is 18.2 Å². The third kappa shape index (κ3) is 1.34. The van der Waals surface area contributed by atoms with Gasteiger partial charge in [-0.3, -0.25) is 10.1 Å². The number of hydrogen-bond donors (Lipinski definition) is 0. The van der Waals surface area contributed by atoms with Gasteiger partial charge in [-0.15, -0.1) is 0 Å². The van der Waals surface area contributed by atoms with Crippen molar-refractivity contribution in [3.63, 3.8) is 0 Å². The van der Waals surface area contributed by atoms with Gasteiger partial charge in [0.15, 0.2) is 0 Å². The summed E-state index contributed by atoms with van der Waals surface area (Å²) < 4.78 is 12.6. The van der Waals surface area contributed by atoms with E-state index in [9.17, 15) is 14.5 Å². The molecule has 0 bridgehead atoms. The molecule has 0 radical (unpaired) electrons. The number of nitrogens with zero attached hydrogens (tertiary/aromatic N) is 1. The Hall–Kier alpha value is -1.45. The lowest BCUT2D eigenvalue weighted by Crippen LogP contribution is -1.93. The molecule has 0 saturated carbocycles. The van der Waals surface area contributed by atoms with Crippen LogP contribution in [-0.4, -0.2) is 4.92 Å². The Kier molecular flexibility index (Phi) is 1.85. The summed E-state index contributed by atoms with van der Waals surface area (Å²) in [4.78, 5) is 9.61. The van der Waals surface area contributed by atoms with Crippen molar-refractivity contribution in [2.24, 2.45) is 0 Å². The molecule has 3 nitrogen and oxygen atoms in total. The molecule has 1 aromatic carbocycles. The Morgan fingerprint density at radius 3 is 2.64 bits per heavy atom. The monoisotopic (exact) mass is 155 g/mol. The third-order valence-electron chi connectivity index (χ3n) is 1.44. The van der Waals surface area contributed by atoms with Crippen LogP contribution in [0.1, 0.15) is 5.56 Å². The first-order valence-corrected chi connectivity index (χ1v) is 3.02. The second kappa shape index (κ2) is 2.65. The van der Waals surface area contributed by atoms with Gasteiger partial charge in [-0.1, -0.05) is 6.07 Å². The van der Waals surface area contributed by atoms with Crippen molar-refractivity contribution >= 4 is 5.69 Å². The zero-order valence-electron chi connectivity index (χ0n) is 5.87. The molecule has 0 saturated heterocycles. The fraction of sp³-hybridized carbons (Fsp3) is 0.143. The molecule has 11 heavy (non-hydrogen) atoms. The average Bonchev–Trinajstić information content (AvgIpc) is 1.94. The summed E-state index contributed by atoms with van der Waals surface area (Å²) in [7, 11) is 0. The van der Waals surface area contributed by atoms with E-state index in [1.165, 1.54) is 25.1 Å². The van der Waals surface area contributed by atoms with E-state index in [1.807, 2.05) is 0 Å². The van der Waals surface area contributed by atoms with Crippen LogP contribution in [0, 0.1) is 22.9 Å². The molecule has 0 aliphatic carbocycles. The Labute approximate surface area is 62.6 Å². The Morgan fingerprint density at radius 2 is 2.18 bits per heavy atom. The molecule has 58 valence electrons. The number of rotatable bonds is 1. The van der Waals surface area contributed by atoms with Crippen LogP contribution < -0.4 is 0 Å². The standard InChI is InChI=1S/C7H6FNO2/c1-5-6(8)3-2-4-7(5)9(10)11/h2-4H,1H3. The molecule has 0 aromatic heterocycles. The van der Waals surface area contributed by atoms with Crippen molar-refractivity contribution in [3.05, 3.63) is 39.7 Å². The van der Waals surface area contributed by atoms with E-state index in [0.717, 1.165) is 0 Å². The van der Waals surface area contributed by atoms with Crippen LogP contribution in [0.5, 0.6) is 0 Å². The SMILES string of the molecule is Cc1c(F)cccc1[N+](=O)[O-]. The second-order valence-corrected chi connectivity index (χ2v) is 2.14. The molecule has 0 amide bonds. The molecule has 0 aliphatic heterocycles. The number of hydrogen-bond acceptors (Lipinski definition) is 2. The van der Waals surface area contributed by atoms with Crippen LogP contribution in [0.25, 0.3) is 0 Å². The van der Waals surface area contributed by atoms with Crippen LogP contribution in [0.4, 0.5) is 10.1 Å². The highest BCUT2D eigenvalue weighted by Gasteiger charge is 2.11. The van der Waals surface area contributed by atoms with Gasteiger partial charge in [0.1, 0.15) is 5.82 Å². The number of nitro groups is 1. The van der Waals surface area contributed by atoms with Gasteiger partial charge in [0.2, 0.25) is 0 Å². The molecular formula is C7H6FNO2. The zero-order valence-corrected chi connectivity index (χ0v) is 5.87. The number of halogens is 1. The van der Waals surface area contributed by atoms with Crippen LogP contribution in [0.3, 0.4) is 0 Å². The van der Waals surface area contributed by atoms with Gasteiger partial charge in [-0.25, -0.2) is 4.39 Å². The molecule has 0 atom stereocenters. The first-order valence-electron chi connectivity index (χ1n) is 3.02. The highest BCUT2D eigenvalue weighted by Crippen LogP contribution is 2.18. The van der Waals surface area contributed by atoms with Crippen LogP contribution in [-0.2, 0) is 0 Å². The fourth-order valence-electron chi connectivity index (χ4n) is 0.794. The van der Waals surface area contributed by atoms with E-state index < -0.39 is 10.7 Å². The quantitative estimate of drug-likeness (QED) is 0.460. The predicted molar refractivity (Wildman–Crippen MR) is 37.8 cm³/mol. The summed E-state index contributed by atoms with van der Waals surface area (Å²) >= 11 is 0. The molecule has 0 fully saturated rings. The highest BCUT2D eigenvalue weighted by atomic mass is 19.1. The van der Waals surface area contributed by atoms with Crippen molar-refractivity contribution in [1.29, 1.82) is 0 Å². The predicted octanol–water partition coefficient (Wildman–Crippen LogP) is 2.04. The first kappa shape index (κ1) is 7.65. The lowest BCUT2D eigenvalue weighted by molar-refractivity contribution is -0.385. The topological polar surface area (TPSA) is 43.1 Å². The van der Waals surface area contributed by atoms with Crippen LogP contribution >= 0.6 is 0 Å². The Balaban J connectivity index is 3.27. The minimum atomic E-state index is -0.599. The third-order valence-corrected chi connectivity index (χ3v) is 1.44. The summed E-state index contributed by atoms with van der Waals surface area (Å²) in [6, 6.07) is 3.79. The van der Waals surface area contributed by atoms with E-state index in [4.69, 9.17) is 0 Å². The van der Waals surface area contributed by atoms with Gasteiger partial charge in [-0.05, 0) is 13.0 Å². The van der Waals surface area contributed by atoms with Crippen molar-refractivity contribution < 1.29 is 9.31 Å². The maximum Gasteiger partial charge on any atom is 0.275 e. The van der Waals surface area contributed by atoms with Gasteiger partial charge in [-0.2, -0.15) is 0 Å². The second-order valence-electron chi connectivity index (χ2n) is 2.14. The van der Waals surface area contributed by atoms with Gasteiger partial charge in [0, 0.05) is 6.07 Å². The molecule has 1 aromatic rings. The molecule has 0 unspecified atom stereocenters. The van der Waals surface area contributed by atoms with Gasteiger partial charge < -0.3 is 0 Å². The molecule has 0 heterocycles. The fourth-order valence-corrected chi connectivity index (χ4v) is 0.794. The van der Waals surface area contributed by atoms with Crippen molar-refractivity contribution in [2.45, 2.75) is 6.92 Å². The molecule has 0 aliphatic rings. The van der Waals surface area contributed by atoms with E-state index >= 15 is 0 Å². The number of benzene rings is 1. The summed E-state index contributed by atoms with van der Waals surface area (Å²) in [5, 5.41) is 10.2. The largest absolute Gasteiger partial charge is 0.275 e. The summed E-state index contributed by atoms with van der Waals surface area (Å²) in [6.07, 6.45) is 0. The molecule has 1 rings (SSSR count). The Bertz CT molecular complexity index is 298. The lowest BCUT2D eigenvalue weighted by Gasteiger charge is -1.95. The van der Waals surface area contributed by atoms with Gasteiger partial charge in [0.25, 0.3) is 5.69 Å². The van der Waals surface area contributed by atoms with Gasteiger partial charge >= 0.3 is 0 Å².